The van der Waals surface area contributed by atoms with Gasteiger partial charge in [0.05, 0.1) is 21.0 Å². The van der Waals surface area contributed by atoms with Crippen LogP contribution in [0.4, 0.5) is 5.69 Å². The lowest BCUT2D eigenvalue weighted by Crippen LogP contribution is -2.48. The summed E-state index contributed by atoms with van der Waals surface area (Å²) < 4.78 is 5.70. The summed E-state index contributed by atoms with van der Waals surface area (Å²) in [6.45, 7) is 1.30. The number of fused-ring (bicyclic) bond motifs is 1. The molecule has 0 aromatic heterocycles. The van der Waals surface area contributed by atoms with E-state index in [1.54, 1.807) is 0 Å². The molecule has 2 aliphatic rings. The molecule has 10 heteroatoms. The predicted molar refractivity (Wildman–Crippen MR) is 91.0 cm³/mol. The van der Waals surface area contributed by atoms with Crippen molar-refractivity contribution in [2.75, 3.05) is 0 Å². The third kappa shape index (κ3) is 3.54. The maximum absolute atomic E-state index is 12.4. The first-order chi connectivity index (χ1) is 11.9. The summed E-state index contributed by atoms with van der Waals surface area (Å²) in [5.74, 6) is -0.871. The van der Waals surface area contributed by atoms with E-state index in [0.29, 0.717) is 16.2 Å². The number of benzene rings is 1. The lowest BCUT2D eigenvalue weighted by molar-refractivity contribution is -0.384. The summed E-state index contributed by atoms with van der Waals surface area (Å²) in [6, 6.07) is 5.62. The van der Waals surface area contributed by atoms with Gasteiger partial charge in [-0.2, -0.15) is 0 Å². The van der Waals surface area contributed by atoms with E-state index >= 15 is 0 Å². The highest BCUT2D eigenvalue weighted by Crippen LogP contribution is 2.50. The molecule has 8 nitrogen and oxygen atoms in total. The zero-order valence-electron chi connectivity index (χ0n) is 13.0. The van der Waals surface area contributed by atoms with Gasteiger partial charge in [0.2, 0.25) is 5.91 Å². The van der Waals surface area contributed by atoms with Crippen LogP contribution in [-0.2, 0) is 25.7 Å². The molecule has 1 amide bonds. The average molecular weight is 380 g/mol. The van der Waals surface area contributed by atoms with E-state index in [0.717, 1.165) is 11.8 Å². The Labute approximate surface area is 150 Å². The van der Waals surface area contributed by atoms with Crippen molar-refractivity contribution < 1.29 is 24.0 Å². The van der Waals surface area contributed by atoms with Gasteiger partial charge in [-0.3, -0.25) is 24.6 Å². The molecule has 0 bridgehead atoms. The van der Waals surface area contributed by atoms with Gasteiger partial charge in [0.15, 0.2) is 10.8 Å². The van der Waals surface area contributed by atoms with Crippen LogP contribution in [-0.4, -0.2) is 32.2 Å². The molecule has 1 unspecified atom stereocenters. The van der Waals surface area contributed by atoms with Crippen molar-refractivity contribution in [1.29, 1.82) is 0 Å². The zero-order valence-corrected chi connectivity index (χ0v) is 14.6. The van der Waals surface area contributed by atoms with E-state index in [-0.39, 0.29) is 34.4 Å². The van der Waals surface area contributed by atoms with Crippen LogP contribution in [0.2, 0.25) is 0 Å². The number of nitro benzene ring substituents is 1. The minimum absolute atomic E-state index is 0.0564. The maximum Gasteiger partial charge on any atom is 0.357 e. The average Bonchev–Trinajstić information content (AvgIpc) is 2.84. The second-order valence-electron chi connectivity index (χ2n) is 5.27. The second-order valence-corrected chi connectivity index (χ2v) is 7.90. The Morgan fingerprint density at radius 2 is 2.08 bits per heavy atom. The Morgan fingerprint density at radius 3 is 2.64 bits per heavy atom. The molecule has 0 radical (unpaired) electrons. The van der Waals surface area contributed by atoms with Crippen LogP contribution >= 0.6 is 23.5 Å². The predicted octanol–water partition coefficient (Wildman–Crippen LogP) is 2.39. The number of hydrogen-bond acceptors (Lipinski definition) is 8. The van der Waals surface area contributed by atoms with Crippen LogP contribution in [0, 0.1) is 10.1 Å². The summed E-state index contributed by atoms with van der Waals surface area (Å²) >= 11 is 2.22. The third-order valence-corrected chi connectivity index (χ3v) is 5.79. The number of hydrogen-bond donors (Lipinski definition) is 0. The number of nitrogens with zero attached hydrogens (tertiary/aromatic N) is 2. The SMILES string of the molecule is CC(=O)SC1=C(C(=O)OCc2ccc([N+](=O)[O-])cc2)N2C(=O)CC2S1. The molecule has 1 saturated heterocycles. The van der Waals surface area contributed by atoms with E-state index in [9.17, 15) is 24.5 Å². The topological polar surface area (TPSA) is 107 Å². The summed E-state index contributed by atoms with van der Waals surface area (Å²) in [4.78, 5) is 47.0. The maximum atomic E-state index is 12.4. The Hall–Kier alpha value is -2.33. The largest absolute Gasteiger partial charge is 0.456 e. The number of non-ortho nitro benzene ring substituents is 1. The van der Waals surface area contributed by atoms with E-state index in [1.165, 1.54) is 47.9 Å². The molecule has 0 saturated carbocycles. The highest BCUT2D eigenvalue weighted by Gasteiger charge is 2.49. The molecule has 1 fully saturated rings. The number of β-lactam (4-membered cyclic amide) rings is 1. The number of carbonyl (C=O) groups excluding carboxylic acids is 3. The Balaban J connectivity index is 1.71. The first kappa shape index (κ1) is 17.5. The number of ether oxygens (including phenoxy) is 1. The normalized spacial score (nSPS) is 18.7. The minimum atomic E-state index is -0.690. The molecular formula is C15H12N2O6S2. The van der Waals surface area contributed by atoms with Gasteiger partial charge in [0, 0.05) is 19.1 Å². The fraction of sp³-hybridized carbons (Fsp3) is 0.267. The first-order valence-electron chi connectivity index (χ1n) is 7.18. The number of amides is 1. The number of thioether (sulfide) groups is 2. The van der Waals surface area contributed by atoms with Crippen LogP contribution in [0.5, 0.6) is 0 Å². The smallest absolute Gasteiger partial charge is 0.357 e. The molecule has 3 rings (SSSR count). The Bertz CT molecular complexity index is 805. The molecule has 1 aromatic rings. The molecule has 2 heterocycles. The minimum Gasteiger partial charge on any atom is -0.456 e. The summed E-state index contributed by atoms with van der Waals surface area (Å²) in [5, 5.41) is 10.3. The number of rotatable bonds is 5. The lowest BCUT2D eigenvalue weighted by atomic mass is 10.2. The number of nitro groups is 1. The summed E-state index contributed by atoms with van der Waals surface area (Å²) in [7, 11) is 0. The molecule has 2 aliphatic heterocycles. The molecule has 0 aliphatic carbocycles. The van der Waals surface area contributed by atoms with Crippen molar-refractivity contribution in [2.45, 2.75) is 25.3 Å². The summed E-state index contributed by atoms with van der Waals surface area (Å²) in [6.07, 6.45) is 0.325. The van der Waals surface area contributed by atoms with Gasteiger partial charge in [-0.15, -0.1) is 0 Å². The molecule has 0 N–H and O–H groups in total. The van der Waals surface area contributed by atoms with E-state index in [4.69, 9.17) is 4.74 Å². The molecule has 1 aromatic carbocycles. The van der Waals surface area contributed by atoms with E-state index < -0.39 is 10.9 Å². The fourth-order valence-corrected chi connectivity index (χ4v) is 4.86. The monoisotopic (exact) mass is 380 g/mol. The van der Waals surface area contributed by atoms with Crippen LogP contribution in [0.15, 0.2) is 34.2 Å². The van der Waals surface area contributed by atoms with Crippen molar-refractivity contribution in [3.05, 3.63) is 49.9 Å². The van der Waals surface area contributed by atoms with E-state index in [1.807, 2.05) is 0 Å². The standard InChI is InChI=1S/C15H12N2O6S2/c1-8(18)24-15-13(16-11(19)6-12(16)25-15)14(20)23-7-9-2-4-10(5-3-9)17(21)22/h2-5,12H,6-7H2,1H3. The lowest BCUT2D eigenvalue weighted by Gasteiger charge is -2.34. The Morgan fingerprint density at radius 1 is 1.40 bits per heavy atom. The van der Waals surface area contributed by atoms with Crippen molar-refractivity contribution in [1.82, 2.24) is 4.90 Å². The second kappa shape index (κ2) is 6.89. The fourth-order valence-electron chi connectivity index (χ4n) is 2.34. The molecule has 130 valence electrons. The molecule has 1 atom stereocenters. The van der Waals surface area contributed by atoms with Gasteiger partial charge in [-0.05, 0) is 29.5 Å². The van der Waals surface area contributed by atoms with Crippen LogP contribution in [0.1, 0.15) is 18.9 Å². The van der Waals surface area contributed by atoms with Crippen molar-refractivity contribution in [3.63, 3.8) is 0 Å². The highest BCUT2D eigenvalue weighted by atomic mass is 32.2. The number of carbonyl (C=O) groups is 3. The van der Waals surface area contributed by atoms with Crippen LogP contribution in [0.3, 0.4) is 0 Å². The van der Waals surface area contributed by atoms with Gasteiger partial charge >= 0.3 is 5.97 Å². The Kier molecular flexibility index (Phi) is 4.82. The van der Waals surface area contributed by atoms with Crippen molar-refractivity contribution >= 4 is 46.2 Å². The van der Waals surface area contributed by atoms with Crippen molar-refractivity contribution in [3.8, 4) is 0 Å². The third-order valence-electron chi connectivity index (χ3n) is 3.53. The number of esters is 1. The van der Waals surface area contributed by atoms with Crippen LogP contribution in [0.25, 0.3) is 0 Å². The molecular weight excluding hydrogens is 368 g/mol. The van der Waals surface area contributed by atoms with Crippen molar-refractivity contribution in [2.24, 2.45) is 0 Å². The van der Waals surface area contributed by atoms with E-state index in [2.05, 4.69) is 0 Å². The summed E-state index contributed by atoms with van der Waals surface area (Å²) in [5.41, 5.74) is 0.630. The van der Waals surface area contributed by atoms with Crippen LogP contribution < -0.4 is 0 Å². The van der Waals surface area contributed by atoms with Gasteiger partial charge in [-0.25, -0.2) is 4.79 Å². The highest BCUT2D eigenvalue weighted by molar-refractivity contribution is 8.29. The molecule has 25 heavy (non-hydrogen) atoms. The zero-order chi connectivity index (χ0) is 18.1. The first-order valence-corrected chi connectivity index (χ1v) is 8.88. The van der Waals surface area contributed by atoms with Gasteiger partial charge in [-0.1, -0.05) is 11.8 Å². The molecule has 0 spiro atoms. The quantitative estimate of drug-likeness (QED) is 0.332. The van der Waals surface area contributed by atoms with Gasteiger partial charge in [0.25, 0.3) is 5.69 Å². The van der Waals surface area contributed by atoms with Gasteiger partial charge in [0.1, 0.15) is 6.61 Å². The van der Waals surface area contributed by atoms with Gasteiger partial charge < -0.3 is 4.74 Å².